The normalized spacial score (nSPS) is 10.8. The maximum atomic E-state index is 11.3. The Labute approximate surface area is 92.4 Å². The molecule has 4 heteroatoms. The van der Waals surface area contributed by atoms with Gasteiger partial charge in [0.05, 0.1) is 5.56 Å². The van der Waals surface area contributed by atoms with Crippen molar-refractivity contribution >= 4 is 28.4 Å². The van der Waals surface area contributed by atoms with E-state index in [0.29, 0.717) is 17.3 Å². The van der Waals surface area contributed by atoms with Crippen LogP contribution in [-0.2, 0) is 6.54 Å². The van der Waals surface area contributed by atoms with Gasteiger partial charge in [-0.2, -0.15) is 0 Å². The second-order valence-corrected chi connectivity index (χ2v) is 3.65. The predicted molar refractivity (Wildman–Crippen MR) is 61.1 cm³/mol. The molecule has 0 bridgehead atoms. The Morgan fingerprint density at radius 2 is 2.13 bits per heavy atom. The van der Waals surface area contributed by atoms with Gasteiger partial charge in [-0.1, -0.05) is 29.8 Å². The van der Waals surface area contributed by atoms with Crippen LogP contribution < -0.4 is 5.73 Å². The molecule has 78 valence electrons. The molecule has 0 aliphatic carbocycles. The van der Waals surface area contributed by atoms with E-state index in [1.54, 1.807) is 0 Å². The van der Waals surface area contributed by atoms with Crippen LogP contribution in [0.25, 0.3) is 10.9 Å². The highest BCUT2D eigenvalue weighted by Gasteiger charge is 2.17. The molecule has 0 unspecified atom stereocenters. The van der Waals surface area contributed by atoms with Gasteiger partial charge in [-0.3, -0.25) is 4.79 Å². The number of amides is 1. The number of aryl methyl sites for hydroxylation is 1. The zero-order valence-electron chi connectivity index (χ0n) is 8.33. The Hall–Kier alpha value is -1.48. The molecule has 0 spiro atoms. The molecule has 2 N–H and O–H groups in total. The van der Waals surface area contributed by atoms with Gasteiger partial charge >= 0.3 is 0 Å². The van der Waals surface area contributed by atoms with Crippen molar-refractivity contribution in [2.24, 2.45) is 5.73 Å². The molecule has 2 rings (SSSR count). The summed E-state index contributed by atoms with van der Waals surface area (Å²) < 4.78 is 1.87. The van der Waals surface area contributed by atoms with Crippen LogP contribution in [0.5, 0.6) is 0 Å². The lowest BCUT2D eigenvalue weighted by Gasteiger charge is -2.01. The number of primary amides is 1. The molecule has 0 radical (unpaired) electrons. The Balaban J connectivity index is 2.91. The van der Waals surface area contributed by atoms with Crippen LogP contribution in [-0.4, -0.2) is 10.5 Å². The van der Waals surface area contributed by atoms with Crippen molar-refractivity contribution in [1.82, 2.24) is 4.57 Å². The van der Waals surface area contributed by atoms with Gasteiger partial charge in [-0.15, -0.1) is 0 Å². The second-order valence-electron chi connectivity index (χ2n) is 3.29. The van der Waals surface area contributed by atoms with Gasteiger partial charge in [0.15, 0.2) is 0 Å². The summed E-state index contributed by atoms with van der Waals surface area (Å²) in [5.74, 6) is -0.483. The number of hydrogen-bond acceptors (Lipinski definition) is 1. The monoisotopic (exact) mass is 222 g/mol. The molecule has 1 aromatic heterocycles. The number of aromatic nitrogens is 1. The van der Waals surface area contributed by atoms with Crippen molar-refractivity contribution in [2.45, 2.75) is 13.5 Å². The van der Waals surface area contributed by atoms with E-state index >= 15 is 0 Å². The molecular formula is C11H11ClN2O. The van der Waals surface area contributed by atoms with Crippen molar-refractivity contribution < 1.29 is 4.79 Å². The Morgan fingerprint density at radius 3 is 2.73 bits per heavy atom. The SMILES string of the molecule is CCn1c(Cl)c(C(N)=O)c2ccccc21. The summed E-state index contributed by atoms with van der Waals surface area (Å²) in [6, 6.07) is 7.56. The predicted octanol–water partition coefficient (Wildman–Crippen LogP) is 2.41. The lowest BCUT2D eigenvalue weighted by Crippen LogP contribution is -2.11. The topological polar surface area (TPSA) is 48.0 Å². The molecule has 1 amide bonds. The van der Waals surface area contributed by atoms with E-state index < -0.39 is 5.91 Å². The fraction of sp³-hybridized carbons (Fsp3) is 0.182. The van der Waals surface area contributed by atoms with Gasteiger partial charge < -0.3 is 10.3 Å². The van der Waals surface area contributed by atoms with E-state index in [-0.39, 0.29) is 0 Å². The highest BCUT2D eigenvalue weighted by atomic mass is 35.5. The van der Waals surface area contributed by atoms with Crippen molar-refractivity contribution in [3.05, 3.63) is 35.0 Å². The van der Waals surface area contributed by atoms with Crippen molar-refractivity contribution in [1.29, 1.82) is 0 Å². The van der Waals surface area contributed by atoms with Crippen molar-refractivity contribution in [3.63, 3.8) is 0 Å². The summed E-state index contributed by atoms with van der Waals surface area (Å²) >= 11 is 6.11. The van der Waals surface area contributed by atoms with E-state index in [4.69, 9.17) is 17.3 Å². The smallest absolute Gasteiger partial charge is 0.252 e. The van der Waals surface area contributed by atoms with Crippen LogP contribution in [0.15, 0.2) is 24.3 Å². The van der Waals surface area contributed by atoms with E-state index in [2.05, 4.69) is 0 Å². The standard InChI is InChI=1S/C11H11ClN2O/c1-2-14-8-6-4-3-5-7(8)9(10(14)12)11(13)15/h3-6H,2H2,1H3,(H2,13,15). The zero-order valence-corrected chi connectivity index (χ0v) is 9.08. The van der Waals surface area contributed by atoms with Crippen LogP contribution in [0, 0.1) is 0 Å². The Morgan fingerprint density at radius 1 is 1.47 bits per heavy atom. The number of nitrogens with zero attached hydrogens (tertiary/aromatic N) is 1. The summed E-state index contributed by atoms with van der Waals surface area (Å²) in [6.07, 6.45) is 0. The molecule has 0 atom stereocenters. The van der Waals surface area contributed by atoms with Crippen LogP contribution in [0.4, 0.5) is 0 Å². The number of benzene rings is 1. The minimum atomic E-state index is -0.483. The second kappa shape index (κ2) is 3.59. The first-order chi connectivity index (χ1) is 7.16. The van der Waals surface area contributed by atoms with Gasteiger partial charge in [-0.25, -0.2) is 0 Å². The fourth-order valence-electron chi connectivity index (χ4n) is 1.82. The summed E-state index contributed by atoms with van der Waals surface area (Å²) in [5, 5.41) is 1.24. The first kappa shape index (κ1) is 10.1. The summed E-state index contributed by atoms with van der Waals surface area (Å²) in [5.41, 5.74) is 6.67. The van der Waals surface area contributed by atoms with Crippen LogP contribution >= 0.6 is 11.6 Å². The molecule has 0 aliphatic heterocycles. The quantitative estimate of drug-likeness (QED) is 0.834. The highest BCUT2D eigenvalue weighted by Crippen LogP contribution is 2.29. The van der Waals surface area contributed by atoms with E-state index in [1.165, 1.54) is 0 Å². The van der Waals surface area contributed by atoms with Gasteiger partial charge in [0, 0.05) is 17.4 Å². The van der Waals surface area contributed by atoms with Gasteiger partial charge in [0.25, 0.3) is 5.91 Å². The minimum absolute atomic E-state index is 0.411. The summed E-state index contributed by atoms with van der Waals surface area (Å²) in [4.78, 5) is 11.3. The molecule has 3 nitrogen and oxygen atoms in total. The lowest BCUT2D eigenvalue weighted by atomic mass is 10.2. The number of hydrogen-bond donors (Lipinski definition) is 1. The van der Waals surface area contributed by atoms with Gasteiger partial charge in [0.2, 0.25) is 0 Å². The fourth-order valence-corrected chi connectivity index (χ4v) is 2.22. The molecule has 0 aliphatic rings. The Bertz CT molecular complexity index is 531. The zero-order chi connectivity index (χ0) is 11.0. The average Bonchev–Trinajstić information content (AvgIpc) is 2.49. The van der Waals surface area contributed by atoms with Crippen LogP contribution in [0.1, 0.15) is 17.3 Å². The molecule has 0 fully saturated rings. The van der Waals surface area contributed by atoms with Crippen molar-refractivity contribution in [2.75, 3.05) is 0 Å². The average molecular weight is 223 g/mol. The number of carbonyl (C=O) groups excluding carboxylic acids is 1. The van der Waals surface area contributed by atoms with Gasteiger partial charge in [0.1, 0.15) is 5.15 Å². The molecule has 1 heterocycles. The molecule has 2 aromatic rings. The first-order valence-corrected chi connectivity index (χ1v) is 5.11. The van der Waals surface area contributed by atoms with E-state index in [1.807, 2.05) is 35.8 Å². The number of nitrogens with two attached hydrogens (primary N) is 1. The maximum Gasteiger partial charge on any atom is 0.252 e. The first-order valence-electron chi connectivity index (χ1n) is 4.73. The molecule has 0 saturated carbocycles. The third-order valence-electron chi connectivity index (χ3n) is 2.47. The van der Waals surface area contributed by atoms with E-state index in [9.17, 15) is 4.79 Å². The maximum absolute atomic E-state index is 11.3. The van der Waals surface area contributed by atoms with Crippen LogP contribution in [0.2, 0.25) is 5.15 Å². The number of rotatable bonds is 2. The Kier molecular flexibility index (Phi) is 2.40. The number of para-hydroxylation sites is 1. The minimum Gasteiger partial charge on any atom is -0.365 e. The van der Waals surface area contributed by atoms with Gasteiger partial charge in [-0.05, 0) is 13.0 Å². The molecular weight excluding hydrogens is 212 g/mol. The van der Waals surface area contributed by atoms with Crippen molar-refractivity contribution in [3.8, 4) is 0 Å². The molecule has 15 heavy (non-hydrogen) atoms. The number of carbonyl (C=O) groups is 1. The molecule has 0 saturated heterocycles. The summed E-state index contributed by atoms with van der Waals surface area (Å²) in [6.45, 7) is 2.69. The number of fused-ring (bicyclic) bond motifs is 1. The highest BCUT2D eigenvalue weighted by molar-refractivity contribution is 6.35. The lowest BCUT2D eigenvalue weighted by molar-refractivity contribution is 0.100. The summed E-state index contributed by atoms with van der Waals surface area (Å²) in [7, 11) is 0. The number of halogens is 1. The third kappa shape index (κ3) is 1.39. The molecule has 1 aromatic carbocycles. The largest absolute Gasteiger partial charge is 0.365 e. The van der Waals surface area contributed by atoms with E-state index in [0.717, 1.165) is 10.9 Å². The third-order valence-corrected chi connectivity index (χ3v) is 2.86. The van der Waals surface area contributed by atoms with Crippen LogP contribution in [0.3, 0.4) is 0 Å².